The molecule has 1 aromatic heterocycles. The maximum Gasteiger partial charge on any atom is 0.237 e. The number of carbonyl (C=O) groups is 1. The summed E-state index contributed by atoms with van der Waals surface area (Å²) in [6.07, 6.45) is 2.63. The fourth-order valence-corrected chi connectivity index (χ4v) is 3.02. The summed E-state index contributed by atoms with van der Waals surface area (Å²) in [4.78, 5) is 12.3. The molecule has 2 aromatic carbocycles. The van der Waals surface area contributed by atoms with Crippen molar-refractivity contribution in [3.63, 3.8) is 0 Å². The van der Waals surface area contributed by atoms with Crippen molar-refractivity contribution in [3.05, 3.63) is 72.4 Å². The number of carbonyl (C=O) groups excluding carboxylic acids is 1. The zero-order valence-corrected chi connectivity index (χ0v) is 15.8. The van der Waals surface area contributed by atoms with E-state index >= 15 is 0 Å². The Kier molecular flexibility index (Phi) is 6.04. The molecule has 27 heavy (non-hydrogen) atoms. The van der Waals surface area contributed by atoms with Crippen LogP contribution in [0.4, 0.5) is 0 Å². The summed E-state index contributed by atoms with van der Waals surface area (Å²) in [5.74, 6) is 0.252. The number of nitrogens with two attached hydrogens (primary N) is 1. The second kappa shape index (κ2) is 8.64. The average molecular weight is 362 g/mol. The summed E-state index contributed by atoms with van der Waals surface area (Å²) in [7, 11) is 0. The van der Waals surface area contributed by atoms with Gasteiger partial charge in [0.2, 0.25) is 5.91 Å². The van der Waals surface area contributed by atoms with Crippen molar-refractivity contribution in [2.75, 3.05) is 0 Å². The van der Waals surface area contributed by atoms with Gasteiger partial charge in [-0.3, -0.25) is 4.79 Å². The lowest BCUT2D eigenvalue weighted by Crippen LogP contribution is -2.41. The van der Waals surface area contributed by atoms with Crippen LogP contribution in [0.25, 0.3) is 16.9 Å². The second-order valence-electron chi connectivity index (χ2n) is 7.10. The van der Waals surface area contributed by atoms with Crippen LogP contribution in [-0.2, 0) is 11.3 Å². The molecule has 0 saturated carbocycles. The lowest BCUT2D eigenvalue weighted by Gasteiger charge is -2.14. The van der Waals surface area contributed by atoms with Gasteiger partial charge in [-0.15, -0.1) is 0 Å². The van der Waals surface area contributed by atoms with Crippen LogP contribution in [0.3, 0.4) is 0 Å². The van der Waals surface area contributed by atoms with Gasteiger partial charge in [-0.05, 0) is 24.5 Å². The first-order valence-electron chi connectivity index (χ1n) is 9.27. The lowest BCUT2D eigenvalue weighted by atomic mass is 10.0. The third kappa shape index (κ3) is 4.83. The van der Waals surface area contributed by atoms with Crippen molar-refractivity contribution < 1.29 is 4.79 Å². The molecule has 140 valence electrons. The summed E-state index contributed by atoms with van der Waals surface area (Å²) in [5.41, 5.74) is 9.80. The van der Waals surface area contributed by atoms with E-state index in [1.165, 1.54) is 0 Å². The lowest BCUT2D eigenvalue weighted by molar-refractivity contribution is -0.122. The Morgan fingerprint density at radius 1 is 1.07 bits per heavy atom. The van der Waals surface area contributed by atoms with Gasteiger partial charge in [0.05, 0.1) is 17.4 Å². The standard InChI is InChI=1S/C22H26N4O/c1-16(2)13-20(23)22(27)24-14-18-15-26(19-11-7-4-8-12-19)25-21(18)17-9-5-3-6-10-17/h3-12,15-16,20H,13-14,23H2,1-2H3,(H,24,27)/t20-/m0/s1. The molecule has 0 aliphatic heterocycles. The number of para-hydroxylation sites is 1. The molecule has 0 aliphatic carbocycles. The van der Waals surface area contributed by atoms with Crippen molar-refractivity contribution in [1.29, 1.82) is 0 Å². The number of nitrogens with zero attached hydrogens (tertiary/aromatic N) is 2. The van der Waals surface area contributed by atoms with Crippen LogP contribution in [0.2, 0.25) is 0 Å². The Morgan fingerprint density at radius 3 is 2.33 bits per heavy atom. The van der Waals surface area contributed by atoms with Gasteiger partial charge in [0.15, 0.2) is 0 Å². The third-order valence-electron chi connectivity index (χ3n) is 4.37. The highest BCUT2D eigenvalue weighted by Crippen LogP contribution is 2.23. The predicted molar refractivity (Wildman–Crippen MR) is 108 cm³/mol. The molecule has 1 atom stereocenters. The van der Waals surface area contributed by atoms with Gasteiger partial charge >= 0.3 is 0 Å². The first-order valence-corrected chi connectivity index (χ1v) is 9.27. The number of aromatic nitrogens is 2. The highest BCUT2D eigenvalue weighted by Gasteiger charge is 2.17. The molecule has 0 saturated heterocycles. The largest absolute Gasteiger partial charge is 0.351 e. The summed E-state index contributed by atoms with van der Waals surface area (Å²) < 4.78 is 1.85. The SMILES string of the molecule is CC(C)C[C@H](N)C(=O)NCc1cn(-c2ccccc2)nc1-c1ccccc1. The van der Waals surface area contributed by atoms with E-state index in [0.717, 1.165) is 22.5 Å². The van der Waals surface area contributed by atoms with Crippen molar-refractivity contribution >= 4 is 5.91 Å². The zero-order chi connectivity index (χ0) is 19.2. The van der Waals surface area contributed by atoms with E-state index < -0.39 is 6.04 Å². The second-order valence-corrected chi connectivity index (χ2v) is 7.10. The molecule has 3 N–H and O–H groups in total. The van der Waals surface area contributed by atoms with Gasteiger partial charge in [0.25, 0.3) is 0 Å². The Morgan fingerprint density at radius 2 is 1.70 bits per heavy atom. The minimum atomic E-state index is -0.491. The minimum absolute atomic E-state index is 0.129. The molecule has 0 fully saturated rings. The molecule has 5 nitrogen and oxygen atoms in total. The fraction of sp³-hybridized carbons (Fsp3) is 0.273. The molecular formula is C22H26N4O. The number of hydrogen-bond acceptors (Lipinski definition) is 3. The Labute approximate surface area is 160 Å². The highest BCUT2D eigenvalue weighted by molar-refractivity contribution is 5.81. The van der Waals surface area contributed by atoms with Gasteiger partial charge in [-0.25, -0.2) is 4.68 Å². The minimum Gasteiger partial charge on any atom is -0.351 e. The van der Waals surface area contributed by atoms with E-state index in [-0.39, 0.29) is 5.91 Å². The number of rotatable bonds is 7. The van der Waals surface area contributed by atoms with Gasteiger partial charge in [-0.2, -0.15) is 5.10 Å². The van der Waals surface area contributed by atoms with Crippen LogP contribution in [-0.4, -0.2) is 21.7 Å². The van der Waals surface area contributed by atoms with Crippen molar-refractivity contribution in [1.82, 2.24) is 15.1 Å². The van der Waals surface area contributed by atoms with Crippen LogP contribution in [0.1, 0.15) is 25.8 Å². The molecule has 0 unspecified atom stereocenters. The first kappa shape index (κ1) is 18.9. The van der Waals surface area contributed by atoms with E-state index in [2.05, 4.69) is 19.2 Å². The van der Waals surface area contributed by atoms with E-state index in [4.69, 9.17) is 10.8 Å². The third-order valence-corrected chi connectivity index (χ3v) is 4.37. The van der Waals surface area contributed by atoms with Crippen molar-refractivity contribution in [3.8, 4) is 16.9 Å². The molecule has 0 bridgehead atoms. The molecule has 5 heteroatoms. The Bertz CT molecular complexity index is 872. The zero-order valence-electron chi connectivity index (χ0n) is 15.8. The van der Waals surface area contributed by atoms with Gasteiger partial charge in [0.1, 0.15) is 0 Å². The molecule has 3 rings (SSSR count). The maximum absolute atomic E-state index is 12.3. The van der Waals surface area contributed by atoms with E-state index in [0.29, 0.717) is 18.9 Å². The first-order chi connectivity index (χ1) is 13.0. The van der Waals surface area contributed by atoms with E-state index in [9.17, 15) is 4.79 Å². The van der Waals surface area contributed by atoms with Gasteiger partial charge < -0.3 is 11.1 Å². The molecular weight excluding hydrogens is 336 g/mol. The summed E-state index contributed by atoms with van der Waals surface area (Å²) in [5, 5.41) is 7.72. The predicted octanol–water partition coefficient (Wildman–Crippen LogP) is 3.53. The normalized spacial score (nSPS) is 12.1. The van der Waals surface area contributed by atoms with Crippen LogP contribution < -0.4 is 11.1 Å². The smallest absolute Gasteiger partial charge is 0.237 e. The average Bonchev–Trinajstić information content (AvgIpc) is 3.11. The molecule has 0 radical (unpaired) electrons. The molecule has 1 amide bonds. The number of benzene rings is 2. The number of hydrogen-bond donors (Lipinski definition) is 2. The van der Waals surface area contributed by atoms with Crippen LogP contribution in [0.5, 0.6) is 0 Å². The van der Waals surface area contributed by atoms with Crippen molar-refractivity contribution in [2.45, 2.75) is 32.9 Å². The Hall–Kier alpha value is -2.92. The maximum atomic E-state index is 12.3. The summed E-state index contributed by atoms with van der Waals surface area (Å²) >= 11 is 0. The number of amides is 1. The molecule has 0 aliphatic rings. The molecule has 1 heterocycles. The van der Waals surface area contributed by atoms with Crippen LogP contribution in [0, 0.1) is 5.92 Å². The monoisotopic (exact) mass is 362 g/mol. The van der Waals surface area contributed by atoms with E-state index in [1.807, 2.05) is 71.5 Å². The highest BCUT2D eigenvalue weighted by atomic mass is 16.2. The summed E-state index contributed by atoms with van der Waals surface area (Å²) in [6.45, 7) is 4.51. The quantitative estimate of drug-likeness (QED) is 0.675. The van der Waals surface area contributed by atoms with Crippen molar-refractivity contribution in [2.24, 2.45) is 11.7 Å². The topological polar surface area (TPSA) is 72.9 Å². The summed E-state index contributed by atoms with van der Waals surface area (Å²) in [6, 6.07) is 19.4. The number of nitrogens with one attached hydrogen (secondary N) is 1. The van der Waals surface area contributed by atoms with Gasteiger partial charge in [-0.1, -0.05) is 62.4 Å². The van der Waals surface area contributed by atoms with Gasteiger partial charge in [0, 0.05) is 23.9 Å². The molecule has 3 aromatic rings. The Balaban J connectivity index is 1.85. The fourth-order valence-electron chi connectivity index (χ4n) is 3.02. The van der Waals surface area contributed by atoms with Crippen LogP contribution in [0.15, 0.2) is 66.9 Å². The van der Waals surface area contributed by atoms with Crippen LogP contribution >= 0.6 is 0 Å². The van der Waals surface area contributed by atoms with E-state index in [1.54, 1.807) is 0 Å². The molecule has 0 spiro atoms.